The third-order valence-electron chi connectivity index (χ3n) is 6.05. The summed E-state index contributed by atoms with van der Waals surface area (Å²) in [5.74, 6) is -1.09. The Bertz CT molecular complexity index is 842. The molecule has 0 aliphatic carbocycles. The summed E-state index contributed by atoms with van der Waals surface area (Å²) >= 11 is 0. The summed E-state index contributed by atoms with van der Waals surface area (Å²) in [6.07, 6.45) is -2.06. The molecule has 3 atom stereocenters. The van der Waals surface area contributed by atoms with E-state index in [4.69, 9.17) is 5.73 Å². The minimum Gasteiger partial charge on any atom is -0.370 e. The van der Waals surface area contributed by atoms with Crippen LogP contribution in [0.1, 0.15) is 69.0 Å². The van der Waals surface area contributed by atoms with Gasteiger partial charge in [-0.3, -0.25) is 14.4 Å². The van der Waals surface area contributed by atoms with E-state index in [1.165, 1.54) is 6.07 Å². The summed E-state index contributed by atoms with van der Waals surface area (Å²) in [7, 11) is 0. The number of fused-ring (bicyclic) bond motifs is 1. The number of amides is 3. The van der Waals surface area contributed by atoms with Gasteiger partial charge in [0.15, 0.2) is 0 Å². The third-order valence-corrected chi connectivity index (χ3v) is 6.05. The molecule has 1 aromatic rings. The van der Waals surface area contributed by atoms with Crippen LogP contribution in [0.3, 0.4) is 0 Å². The molecule has 3 N–H and O–H groups in total. The fourth-order valence-electron chi connectivity index (χ4n) is 4.66. The largest absolute Gasteiger partial charge is 0.416 e. The second-order valence-electron chi connectivity index (χ2n) is 8.34. The molecule has 3 rings (SSSR count). The highest BCUT2D eigenvalue weighted by Gasteiger charge is 2.52. The molecule has 2 saturated heterocycles. The molecule has 2 aliphatic heterocycles. The van der Waals surface area contributed by atoms with Gasteiger partial charge in [-0.2, -0.15) is 13.2 Å². The van der Waals surface area contributed by atoms with Gasteiger partial charge in [0.25, 0.3) is 0 Å². The molecule has 2 fully saturated rings. The van der Waals surface area contributed by atoms with Gasteiger partial charge in [0.1, 0.15) is 0 Å². The molecule has 3 amide bonds. The lowest BCUT2D eigenvalue weighted by Crippen LogP contribution is -2.56. The van der Waals surface area contributed by atoms with E-state index in [0.717, 1.165) is 18.6 Å². The van der Waals surface area contributed by atoms with Crippen LogP contribution in [0, 0.1) is 0 Å². The lowest BCUT2D eigenvalue weighted by molar-refractivity contribution is -0.138. The van der Waals surface area contributed by atoms with Crippen molar-refractivity contribution in [2.75, 3.05) is 0 Å². The lowest BCUT2D eigenvalue weighted by atomic mass is 9.85. The Morgan fingerprint density at radius 2 is 2.00 bits per heavy atom. The van der Waals surface area contributed by atoms with Gasteiger partial charge >= 0.3 is 6.18 Å². The minimum atomic E-state index is -4.50. The molecule has 9 heteroatoms. The van der Waals surface area contributed by atoms with Crippen LogP contribution < -0.4 is 11.1 Å². The minimum absolute atomic E-state index is 0.120. The maximum atomic E-state index is 13.3. The molecule has 2 heterocycles. The molecule has 164 valence electrons. The lowest BCUT2D eigenvalue weighted by Gasteiger charge is -2.38. The number of carbonyl (C=O) groups is 3. The SMILES string of the molecule is C[C@]12C[C@@H](c3cccc(C(F)(F)F)c3)N(C(=O)CCC(N)=O)[C@H]1CCCCC(=O)N2. The Labute approximate surface area is 173 Å². The van der Waals surface area contributed by atoms with Crippen molar-refractivity contribution in [2.45, 2.75) is 75.7 Å². The van der Waals surface area contributed by atoms with Gasteiger partial charge in [0, 0.05) is 19.3 Å². The summed E-state index contributed by atoms with van der Waals surface area (Å²) in [6, 6.07) is 3.93. The number of halogens is 3. The predicted molar refractivity (Wildman–Crippen MR) is 103 cm³/mol. The van der Waals surface area contributed by atoms with E-state index >= 15 is 0 Å². The molecular weight excluding hydrogens is 399 g/mol. The molecule has 30 heavy (non-hydrogen) atoms. The maximum absolute atomic E-state index is 13.3. The highest BCUT2D eigenvalue weighted by Crippen LogP contribution is 2.46. The molecule has 6 nitrogen and oxygen atoms in total. The van der Waals surface area contributed by atoms with E-state index in [-0.39, 0.29) is 30.7 Å². The number of alkyl halides is 3. The van der Waals surface area contributed by atoms with Crippen molar-refractivity contribution >= 4 is 17.7 Å². The Hall–Kier alpha value is -2.58. The maximum Gasteiger partial charge on any atom is 0.416 e. The Morgan fingerprint density at radius 1 is 1.27 bits per heavy atom. The highest BCUT2D eigenvalue weighted by molar-refractivity contribution is 5.84. The molecule has 0 unspecified atom stereocenters. The monoisotopic (exact) mass is 425 g/mol. The molecule has 1 aromatic carbocycles. The van der Waals surface area contributed by atoms with E-state index in [1.54, 1.807) is 11.0 Å². The molecule has 0 radical (unpaired) electrons. The zero-order valence-electron chi connectivity index (χ0n) is 16.8. The van der Waals surface area contributed by atoms with Gasteiger partial charge in [-0.05, 0) is 43.9 Å². The van der Waals surface area contributed by atoms with Crippen molar-refractivity contribution in [1.29, 1.82) is 0 Å². The predicted octanol–water partition coefficient (Wildman–Crippen LogP) is 3.06. The van der Waals surface area contributed by atoms with E-state index in [2.05, 4.69) is 5.32 Å². The average molecular weight is 425 g/mol. The molecule has 0 spiro atoms. The van der Waals surface area contributed by atoms with Gasteiger partial charge < -0.3 is 16.0 Å². The van der Waals surface area contributed by atoms with E-state index < -0.39 is 29.2 Å². The van der Waals surface area contributed by atoms with Gasteiger partial charge in [0.2, 0.25) is 17.7 Å². The van der Waals surface area contributed by atoms with Crippen molar-refractivity contribution in [2.24, 2.45) is 5.73 Å². The van der Waals surface area contributed by atoms with Crippen LogP contribution in [-0.4, -0.2) is 34.2 Å². The summed E-state index contributed by atoms with van der Waals surface area (Å²) in [5, 5.41) is 3.00. The van der Waals surface area contributed by atoms with E-state index in [9.17, 15) is 27.6 Å². The topological polar surface area (TPSA) is 92.5 Å². The van der Waals surface area contributed by atoms with Crippen LogP contribution in [0.25, 0.3) is 0 Å². The van der Waals surface area contributed by atoms with Gasteiger partial charge in [-0.1, -0.05) is 18.6 Å². The molecule has 0 aromatic heterocycles. The number of nitrogens with one attached hydrogen (secondary N) is 1. The zero-order chi connectivity index (χ0) is 22.1. The first kappa shape index (κ1) is 22.1. The first-order valence-corrected chi connectivity index (χ1v) is 10.1. The summed E-state index contributed by atoms with van der Waals surface area (Å²) in [4.78, 5) is 38.1. The number of nitrogens with two attached hydrogens (primary N) is 1. The van der Waals surface area contributed by atoms with Gasteiger partial charge in [-0.25, -0.2) is 0 Å². The summed E-state index contributed by atoms with van der Waals surface area (Å²) < 4.78 is 39.8. The van der Waals surface area contributed by atoms with E-state index in [0.29, 0.717) is 31.2 Å². The van der Waals surface area contributed by atoms with Crippen molar-refractivity contribution in [3.8, 4) is 0 Å². The van der Waals surface area contributed by atoms with Crippen molar-refractivity contribution < 1.29 is 27.6 Å². The quantitative estimate of drug-likeness (QED) is 0.777. The molecule has 2 aliphatic rings. The number of benzene rings is 1. The third kappa shape index (κ3) is 4.60. The highest BCUT2D eigenvalue weighted by atomic mass is 19.4. The zero-order valence-corrected chi connectivity index (χ0v) is 16.8. The van der Waals surface area contributed by atoms with Crippen molar-refractivity contribution in [3.05, 3.63) is 35.4 Å². The van der Waals surface area contributed by atoms with Crippen LogP contribution in [0.5, 0.6) is 0 Å². The first-order valence-electron chi connectivity index (χ1n) is 10.1. The molecule has 0 saturated carbocycles. The second-order valence-corrected chi connectivity index (χ2v) is 8.34. The number of hydrogen-bond acceptors (Lipinski definition) is 3. The van der Waals surface area contributed by atoms with Crippen molar-refractivity contribution in [3.63, 3.8) is 0 Å². The Balaban J connectivity index is 2.01. The van der Waals surface area contributed by atoms with Crippen molar-refractivity contribution in [1.82, 2.24) is 10.2 Å². The van der Waals surface area contributed by atoms with Crippen LogP contribution in [-0.2, 0) is 20.6 Å². The molecular formula is C21H26F3N3O3. The van der Waals surface area contributed by atoms with Crippen LogP contribution in [0.15, 0.2) is 24.3 Å². The normalized spacial score (nSPS) is 27.1. The number of primary amides is 1. The van der Waals surface area contributed by atoms with Gasteiger partial charge in [0.05, 0.1) is 23.2 Å². The van der Waals surface area contributed by atoms with Gasteiger partial charge in [-0.15, -0.1) is 0 Å². The number of likely N-dealkylation sites (tertiary alicyclic amines) is 1. The number of hydrogen-bond donors (Lipinski definition) is 2. The average Bonchev–Trinajstić information content (AvgIpc) is 2.93. The fraction of sp³-hybridized carbons (Fsp3) is 0.571. The second kappa shape index (κ2) is 8.28. The Morgan fingerprint density at radius 3 is 2.67 bits per heavy atom. The number of rotatable bonds is 4. The summed E-state index contributed by atoms with van der Waals surface area (Å²) in [6.45, 7) is 1.84. The van der Waals surface area contributed by atoms with Crippen LogP contribution in [0.2, 0.25) is 0 Å². The van der Waals surface area contributed by atoms with E-state index in [1.807, 2.05) is 6.92 Å². The summed E-state index contributed by atoms with van der Waals surface area (Å²) in [5.41, 5.74) is 3.99. The fourth-order valence-corrected chi connectivity index (χ4v) is 4.66. The van der Waals surface area contributed by atoms with Crippen LogP contribution >= 0.6 is 0 Å². The first-order chi connectivity index (χ1) is 14.0. The molecule has 0 bridgehead atoms. The number of carbonyl (C=O) groups excluding carboxylic acids is 3. The smallest absolute Gasteiger partial charge is 0.370 e. The standard InChI is InChI=1S/C21H26F3N3O3/c1-20-12-15(13-5-4-6-14(11-13)21(22,23)24)27(19(30)10-9-17(25)28)16(20)7-2-3-8-18(29)26-20/h4-6,11,15-16H,2-3,7-10,12H2,1H3,(H2,25,28)(H,26,29)/t15-,16-,20-/m0/s1. The van der Waals surface area contributed by atoms with Crippen LogP contribution in [0.4, 0.5) is 13.2 Å². The Kier molecular flexibility index (Phi) is 6.10. The number of nitrogens with zero attached hydrogens (tertiary/aromatic N) is 1.